The van der Waals surface area contributed by atoms with Gasteiger partial charge in [-0.15, -0.1) is 13.2 Å². The lowest BCUT2D eigenvalue weighted by Gasteiger charge is -2.14. The van der Waals surface area contributed by atoms with E-state index in [4.69, 9.17) is 4.74 Å². The van der Waals surface area contributed by atoms with E-state index in [1.165, 1.54) is 10.6 Å². The van der Waals surface area contributed by atoms with Gasteiger partial charge >= 0.3 is 6.36 Å². The number of hydrogen-bond acceptors (Lipinski definition) is 6. The molecular formula is C24H18F3N5O3. The van der Waals surface area contributed by atoms with Crippen LogP contribution in [0.15, 0.2) is 65.7 Å². The maximum absolute atomic E-state index is 13.7. The molecular weight excluding hydrogens is 463 g/mol. The number of pyridine rings is 3. The van der Waals surface area contributed by atoms with Crippen LogP contribution in [0.4, 0.5) is 13.2 Å². The number of rotatable bonds is 5. The lowest BCUT2D eigenvalue weighted by molar-refractivity contribution is -0.276. The molecule has 0 fully saturated rings. The van der Waals surface area contributed by atoms with Crippen molar-refractivity contribution in [3.63, 3.8) is 0 Å². The summed E-state index contributed by atoms with van der Waals surface area (Å²) >= 11 is 0. The summed E-state index contributed by atoms with van der Waals surface area (Å²) < 4.78 is 50.0. The van der Waals surface area contributed by atoms with Gasteiger partial charge in [0, 0.05) is 41.7 Å². The molecule has 5 rings (SSSR count). The van der Waals surface area contributed by atoms with E-state index in [-0.39, 0.29) is 11.3 Å². The van der Waals surface area contributed by atoms with Crippen molar-refractivity contribution in [2.75, 3.05) is 6.61 Å². The molecule has 0 N–H and O–H groups in total. The molecule has 5 aromatic rings. The first-order valence-corrected chi connectivity index (χ1v) is 10.6. The van der Waals surface area contributed by atoms with Gasteiger partial charge in [0.15, 0.2) is 5.65 Å². The molecule has 35 heavy (non-hydrogen) atoms. The summed E-state index contributed by atoms with van der Waals surface area (Å²) in [6.07, 6.45) is -1.90. The van der Waals surface area contributed by atoms with Gasteiger partial charge in [-0.05, 0) is 42.8 Å². The molecule has 0 spiro atoms. The van der Waals surface area contributed by atoms with Crippen LogP contribution in [0.2, 0.25) is 0 Å². The molecule has 0 unspecified atom stereocenters. The maximum Gasteiger partial charge on any atom is 0.574 e. The molecule has 0 saturated heterocycles. The highest BCUT2D eigenvalue weighted by Crippen LogP contribution is 2.27. The van der Waals surface area contributed by atoms with Crippen molar-refractivity contribution in [3.8, 4) is 28.6 Å². The largest absolute Gasteiger partial charge is 0.574 e. The van der Waals surface area contributed by atoms with Crippen molar-refractivity contribution in [3.05, 3.63) is 71.3 Å². The van der Waals surface area contributed by atoms with Gasteiger partial charge in [0.1, 0.15) is 0 Å². The topological polar surface area (TPSA) is 84.1 Å². The minimum atomic E-state index is -4.88. The quantitative estimate of drug-likeness (QED) is 0.364. The number of aromatic nitrogens is 5. The van der Waals surface area contributed by atoms with Crippen molar-refractivity contribution in [1.82, 2.24) is 24.3 Å². The van der Waals surface area contributed by atoms with Crippen LogP contribution in [-0.4, -0.2) is 37.3 Å². The Morgan fingerprint density at radius 1 is 1.00 bits per heavy atom. The lowest BCUT2D eigenvalue weighted by atomic mass is 10.0. The number of halogens is 3. The molecule has 4 heterocycles. The first-order chi connectivity index (χ1) is 16.7. The molecule has 4 aromatic heterocycles. The molecule has 0 radical (unpaired) electrons. The highest BCUT2D eigenvalue weighted by molar-refractivity contribution is 5.88. The van der Waals surface area contributed by atoms with Crippen molar-refractivity contribution >= 4 is 21.9 Å². The van der Waals surface area contributed by atoms with Crippen LogP contribution in [0, 0.1) is 0 Å². The van der Waals surface area contributed by atoms with E-state index in [9.17, 15) is 18.0 Å². The van der Waals surface area contributed by atoms with Crippen molar-refractivity contribution in [2.45, 2.75) is 13.3 Å². The van der Waals surface area contributed by atoms with Gasteiger partial charge < -0.3 is 9.47 Å². The van der Waals surface area contributed by atoms with Crippen LogP contribution in [0.5, 0.6) is 11.8 Å². The third-order valence-corrected chi connectivity index (χ3v) is 5.25. The van der Waals surface area contributed by atoms with E-state index in [0.717, 1.165) is 23.2 Å². The van der Waals surface area contributed by atoms with Gasteiger partial charge in [0.2, 0.25) is 11.8 Å². The van der Waals surface area contributed by atoms with Crippen LogP contribution in [0.25, 0.3) is 38.8 Å². The molecule has 0 amide bonds. The minimum Gasteiger partial charge on any atom is -0.478 e. The molecule has 11 heteroatoms. The molecule has 0 saturated carbocycles. The summed E-state index contributed by atoms with van der Waals surface area (Å²) in [5, 5.41) is 5.84. The Morgan fingerprint density at radius 2 is 1.80 bits per heavy atom. The van der Waals surface area contributed by atoms with Crippen LogP contribution in [0.3, 0.4) is 0 Å². The normalized spacial score (nSPS) is 11.8. The zero-order valence-corrected chi connectivity index (χ0v) is 18.6. The van der Waals surface area contributed by atoms with E-state index < -0.39 is 17.8 Å². The van der Waals surface area contributed by atoms with Crippen LogP contribution >= 0.6 is 0 Å². The average molecular weight is 481 g/mol. The molecule has 0 aliphatic heterocycles. The highest BCUT2D eigenvalue weighted by atomic mass is 19.4. The van der Waals surface area contributed by atoms with Gasteiger partial charge in [-0.1, -0.05) is 6.07 Å². The Kier molecular flexibility index (Phi) is 5.39. The lowest BCUT2D eigenvalue weighted by Crippen LogP contribution is -2.22. The number of nitrogens with zero attached hydrogens (tertiary/aromatic N) is 5. The summed E-state index contributed by atoms with van der Waals surface area (Å²) in [5.74, 6) is -0.331. The second kappa shape index (κ2) is 8.42. The van der Waals surface area contributed by atoms with Gasteiger partial charge in [-0.3, -0.25) is 14.0 Å². The standard InChI is InChI=1S/C24H18F3N5O3/c1-3-34-21-8-5-15-11-18(14-4-7-19-16(10-14)13-31(2)30-19)23(33)32(22(15)29-21)17-6-9-20(28-12-17)35-24(25,26)27/h4-13H,3H2,1-2H3. The Labute approximate surface area is 196 Å². The number of alkyl halides is 3. The zero-order valence-electron chi connectivity index (χ0n) is 18.6. The second-order valence-electron chi connectivity index (χ2n) is 7.67. The van der Waals surface area contributed by atoms with E-state index >= 15 is 0 Å². The molecule has 1 aromatic carbocycles. The number of fused-ring (bicyclic) bond motifs is 2. The first-order valence-electron chi connectivity index (χ1n) is 10.6. The Bertz CT molecular complexity index is 1610. The SMILES string of the molecule is CCOc1ccc2cc(-c3ccc4nn(C)cc4c3)c(=O)n(-c3ccc(OC(F)(F)F)nc3)c2n1. The fourth-order valence-corrected chi connectivity index (χ4v) is 3.84. The third kappa shape index (κ3) is 4.39. The Morgan fingerprint density at radius 3 is 2.51 bits per heavy atom. The Balaban J connectivity index is 1.72. The molecule has 0 bridgehead atoms. The van der Waals surface area contributed by atoms with E-state index in [0.29, 0.717) is 29.0 Å². The number of benzene rings is 1. The Hall–Kier alpha value is -4.41. The van der Waals surface area contributed by atoms with Gasteiger partial charge in [0.05, 0.1) is 24.0 Å². The fraction of sp³-hybridized carbons (Fsp3) is 0.167. The summed E-state index contributed by atoms with van der Waals surface area (Å²) in [4.78, 5) is 21.9. The van der Waals surface area contributed by atoms with Crippen molar-refractivity contribution in [1.29, 1.82) is 0 Å². The van der Waals surface area contributed by atoms with Gasteiger partial charge in [-0.2, -0.15) is 10.1 Å². The van der Waals surface area contributed by atoms with E-state index in [1.54, 1.807) is 35.9 Å². The fourth-order valence-electron chi connectivity index (χ4n) is 3.84. The number of hydrogen-bond donors (Lipinski definition) is 0. The van der Waals surface area contributed by atoms with Crippen molar-refractivity contribution < 1.29 is 22.6 Å². The third-order valence-electron chi connectivity index (χ3n) is 5.25. The zero-order chi connectivity index (χ0) is 24.7. The number of ether oxygens (including phenoxy) is 2. The predicted molar refractivity (Wildman–Crippen MR) is 123 cm³/mol. The monoisotopic (exact) mass is 481 g/mol. The highest BCUT2D eigenvalue weighted by Gasteiger charge is 2.31. The van der Waals surface area contributed by atoms with Crippen molar-refractivity contribution in [2.24, 2.45) is 7.05 Å². The molecule has 178 valence electrons. The average Bonchev–Trinajstić information content (AvgIpc) is 3.18. The van der Waals surface area contributed by atoms with E-state index in [1.807, 2.05) is 25.4 Å². The maximum atomic E-state index is 13.7. The summed E-state index contributed by atoms with van der Waals surface area (Å²) in [7, 11) is 1.81. The van der Waals surface area contributed by atoms with Crippen LogP contribution < -0.4 is 15.0 Å². The summed E-state index contributed by atoms with van der Waals surface area (Å²) in [6, 6.07) is 13.0. The van der Waals surface area contributed by atoms with Crippen LogP contribution in [0.1, 0.15) is 6.92 Å². The summed E-state index contributed by atoms with van der Waals surface area (Å²) in [6.45, 7) is 2.18. The predicted octanol–water partition coefficient (Wildman–Crippen LogP) is 4.63. The van der Waals surface area contributed by atoms with Gasteiger partial charge in [-0.25, -0.2) is 4.98 Å². The smallest absolute Gasteiger partial charge is 0.478 e. The molecule has 8 nitrogen and oxygen atoms in total. The molecule has 0 atom stereocenters. The first kappa shape index (κ1) is 22.4. The van der Waals surface area contributed by atoms with Crippen LogP contribution in [-0.2, 0) is 7.05 Å². The minimum absolute atomic E-state index is 0.222. The number of aryl methyl sites for hydroxylation is 1. The van der Waals surface area contributed by atoms with Gasteiger partial charge in [0.25, 0.3) is 5.56 Å². The molecule has 0 aliphatic carbocycles. The van der Waals surface area contributed by atoms with E-state index in [2.05, 4.69) is 19.8 Å². The summed E-state index contributed by atoms with van der Waals surface area (Å²) in [5.41, 5.74) is 1.89. The molecule has 0 aliphatic rings. The second-order valence-corrected chi connectivity index (χ2v) is 7.67.